The Labute approximate surface area is 262 Å². The van der Waals surface area contributed by atoms with E-state index in [0.717, 1.165) is 53.3 Å². The van der Waals surface area contributed by atoms with Crippen molar-refractivity contribution in [1.29, 1.82) is 0 Å². The predicted molar refractivity (Wildman–Crippen MR) is 171 cm³/mol. The number of halogens is 3. The first-order chi connectivity index (χ1) is 19.8. The highest BCUT2D eigenvalue weighted by Crippen LogP contribution is 2.39. The fraction of sp³-hybridized carbons (Fsp3) is 0.267. The molecule has 2 fully saturated rings. The first kappa shape index (κ1) is 29.8. The van der Waals surface area contributed by atoms with Gasteiger partial charge in [0.2, 0.25) is 0 Å². The minimum absolute atomic E-state index is 0.122. The highest BCUT2D eigenvalue weighted by molar-refractivity contribution is 9.10. The molecule has 7 nitrogen and oxygen atoms in total. The lowest BCUT2D eigenvalue weighted by atomic mass is 10.1. The fourth-order valence-electron chi connectivity index (χ4n) is 4.30. The monoisotopic (exact) mass is 675 g/mol. The third-order valence-electron chi connectivity index (χ3n) is 6.48. The lowest BCUT2D eigenvalue weighted by Gasteiger charge is -2.28. The van der Waals surface area contributed by atoms with E-state index in [-0.39, 0.29) is 12.5 Å². The molecule has 0 aliphatic carbocycles. The number of nitrogens with zero attached hydrogens (tertiary/aromatic N) is 3. The Morgan fingerprint density at radius 2 is 1.76 bits per heavy atom. The van der Waals surface area contributed by atoms with Crippen LogP contribution in [-0.2, 0) is 16.1 Å². The van der Waals surface area contributed by atoms with Gasteiger partial charge in [0, 0.05) is 30.3 Å². The zero-order valence-corrected chi connectivity index (χ0v) is 26.4. The van der Waals surface area contributed by atoms with Crippen LogP contribution in [0.1, 0.15) is 18.1 Å². The summed E-state index contributed by atoms with van der Waals surface area (Å²) in [5.74, 6) is 1.02. The van der Waals surface area contributed by atoms with Gasteiger partial charge in [-0.1, -0.05) is 45.2 Å². The molecule has 0 bridgehead atoms. The Bertz CT molecular complexity index is 1490. The molecule has 0 atom stereocenters. The number of ether oxygens (including phenoxy) is 3. The molecule has 2 heterocycles. The van der Waals surface area contributed by atoms with E-state index < -0.39 is 0 Å². The van der Waals surface area contributed by atoms with Crippen LogP contribution in [0.25, 0.3) is 6.08 Å². The van der Waals surface area contributed by atoms with E-state index in [0.29, 0.717) is 38.2 Å². The molecule has 41 heavy (non-hydrogen) atoms. The van der Waals surface area contributed by atoms with Gasteiger partial charge in [-0.05, 0) is 84.4 Å². The minimum Gasteiger partial charge on any atom is -0.490 e. The van der Waals surface area contributed by atoms with Crippen LogP contribution in [-0.4, -0.2) is 55.9 Å². The van der Waals surface area contributed by atoms with Gasteiger partial charge in [-0.3, -0.25) is 9.69 Å². The van der Waals surface area contributed by atoms with Gasteiger partial charge >= 0.3 is 0 Å². The van der Waals surface area contributed by atoms with Gasteiger partial charge in [0.25, 0.3) is 5.91 Å². The number of carbonyl (C=O) groups excluding carboxylic acids is 1. The Hall–Kier alpha value is -2.69. The van der Waals surface area contributed by atoms with Crippen molar-refractivity contribution >= 4 is 79.4 Å². The number of likely N-dealkylation sites (N-methyl/N-ethyl adjacent to an activating group) is 1. The van der Waals surface area contributed by atoms with Gasteiger partial charge in [-0.15, -0.1) is 0 Å². The van der Waals surface area contributed by atoms with E-state index in [4.69, 9.17) is 42.4 Å². The molecule has 0 saturated carbocycles. The summed E-state index contributed by atoms with van der Waals surface area (Å²) in [6.07, 6.45) is 1.84. The first-order valence-corrected chi connectivity index (χ1v) is 15.4. The second-order valence-electron chi connectivity index (χ2n) is 9.28. The number of benzene rings is 3. The van der Waals surface area contributed by atoms with Crippen LogP contribution >= 0.6 is 50.9 Å². The molecule has 11 heteroatoms. The number of rotatable bonds is 8. The number of hydrogen-bond acceptors (Lipinski definition) is 7. The van der Waals surface area contributed by atoms with Crippen molar-refractivity contribution in [1.82, 2.24) is 4.90 Å². The van der Waals surface area contributed by atoms with E-state index in [9.17, 15) is 4.79 Å². The zero-order valence-electron chi connectivity index (χ0n) is 22.5. The molecule has 0 aromatic heterocycles. The summed E-state index contributed by atoms with van der Waals surface area (Å²) in [5, 5.41) is 1.58. The average Bonchev–Trinajstić information content (AvgIpc) is 3.24. The number of hydrogen-bond donors (Lipinski definition) is 0. The van der Waals surface area contributed by atoms with Gasteiger partial charge in [0.05, 0.1) is 40.5 Å². The van der Waals surface area contributed by atoms with E-state index in [1.54, 1.807) is 24.1 Å². The van der Waals surface area contributed by atoms with Gasteiger partial charge in [-0.2, -0.15) is 0 Å². The van der Waals surface area contributed by atoms with Crippen molar-refractivity contribution < 1.29 is 19.0 Å². The smallest absolute Gasteiger partial charge is 0.266 e. The summed E-state index contributed by atoms with van der Waals surface area (Å²) in [6.45, 7) is 5.87. The van der Waals surface area contributed by atoms with Crippen LogP contribution in [0, 0.1) is 0 Å². The quantitative estimate of drug-likeness (QED) is 0.227. The largest absolute Gasteiger partial charge is 0.490 e. The zero-order chi connectivity index (χ0) is 28.9. The molecule has 0 N–H and O–H groups in total. The molecule has 3 aromatic carbocycles. The summed E-state index contributed by atoms with van der Waals surface area (Å²) in [5.41, 5.74) is 3.59. The lowest BCUT2D eigenvalue weighted by Crippen LogP contribution is -2.36. The maximum Gasteiger partial charge on any atom is 0.266 e. The molecule has 5 rings (SSSR count). The van der Waals surface area contributed by atoms with Gasteiger partial charge < -0.3 is 19.1 Å². The maximum atomic E-state index is 13.1. The van der Waals surface area contributed by atoms with E-state index >= 15 is 0 Å². The third kappa shape index (κ3) is 7.21. The van der Waals surface area contributed by atoms with Crippen LogP contribution in [0.15, 0.2) is 69.0 Å². The van der Waals surface area contributed by atoms with Gasteiger partial charge in [0.1, 0.15) is 6.61 Å². The van der Waals surface area contributed by atoms with Crippen LogP contribution in [0.5, 0.6) is 11.5 Å². The van der Waals surface area contributed by atoms with Crippen LogP contribution < -0.4 is 14.4 Å². The average molecular weight is 677 g/mol. The minimum atomic E-state index is -0.122. The van der Waals surface area contributed by atoms with Crippen molar-refractivity contribution in [2.45, 2.75) is 13.5 Å². The number of thioether (sulfide) groups is 1. The predicted octanol–water partition coefficient (Wildman–Crippen LogP) is 7.80. The standard InChI is InChI=1S/C30H28BrCl2N3O4S/c1-3-39-26-15-20(23(31)17-27(26)40-18-19-4-9-24(32)25(33)14-19)16-28-29(37)35(2)30(41-28)34-21-5-7-22(8-6-21)36-10-12-38-13-11-36/h4-9,14-17H,3,10-13,18H2,1-2H3/b28-16-,34-30?. The van der Waals surface area contributed by atoms with E-state index in [1.807, 2.05) is 43.3 Å². The number of morpholine rings is 1. The van der Waals surface area contributed by atoms with Crippen molar-refractivity contribution in [3.63, 3.8) is 0 Å². The number of amides is 1. The van der Waals surface area contributed by atoms with Crippen molar-refractivity contribution in [3.8, 4) is 11.5 Å². The summed E-state index contributed by atoms with van der Waals surface area (Å²) in [4.78, 5) is 22.3. The second-order valence-corrected chi connectivity index (χ2v) is 12.0. The molecular weight excluding hydrogens is 649 g/mol. The molecule has 2 saturated heterocycles. The molecule has 1 amide bonds. The summed E-state index contributed by atoms with van der Waals surface area (Å²) < 4.78 is 18.1. The SMILES string of the molecule is CCOc1cc(/C=C2\SC(=Nc3ccc(N4CCOCC4)cc3)N(C)C2=O)c(Br)cc1OCc1ccc(Cl)c(Cl)c1. The molecule has 0 spiro atoms. The number of anilines is 1. The summed E-state index contributed by atoms with van der Waals surface area (Å²) in [7, 11) is 1.73. The lowest BCUT2D eigenvalue weighted by molar-refractivity contribution is -0.121. The van der Waals surface area contributed by atoms with Crippen LogP contribution in [0.4, 0.5) is 11.4 Å². The molecular formula is C30H28BrCl2N3O4S. The summed E-state index contributed by atoms with van der Waals surface area (Å²) >= 11 is 17.1. The van der Waals surface area contributed by atoms with Crippen LogP contribution in [0.2, 0.25) is 10.0 Å². The van der Waals surface area contributed by atoms with E-state index in [2.05, 4.69) is 33.0 Å². The fourth-order valence-corrected chi connectivity index (χ4v) is 6.03. The molecule has 2 aliphatic rings. The van der Waals surface area contributed by atoms with Crippen molar-refractivity contribution in [2.24, 2.45) is 4.99 Å². The second kappa shape index (κ2) is 13.5. The van der Waals surface area contributed by atoms with Crippen LogP contribution in [0.3, 0.4) is 0 Å². The van der Waals surface area contributed by atoms with Gasteiger partial charge in [0.15, 0.2) is 16.7 Å². The van der Waals surface area contributed by atoms with Crippen molar-refractivity contribution in [3.05, 3.63) is 85.1 Å². The van der Waals surface area contributed by atoms with E-state index in [1.165, 1.54) is 11.8 Å². The number of amidine groups is 1. The third-order valence-corrected chi connectivity index (χ3v) is 8.97. The molecule has 0 radical (unpaired) electrons. The van der Waals surface area contributed by atoms with Gasteiger partial charge in [-0.25, -0.2) is 4.99 Å². The van der Waals surface area contributed by atoms with Crippen molar-refractivity contribution in [2.75, 3.05) is 44.9 Å². The Kier molecular flexibility index (Phi) is 9.83. The highest BCUT2D eigenvalue weighted by atomic mass is 79.9. The first-order valence-electron chi connectivity index (χ1n) is 13.0. The number of carbonyl (C=O) groups is 1. The molecule has 2 aliphatic heterocycles. The Balaban J connectivity index is 1.33. The topological polar surface area (TPSA) is 63.6 Å². The highest BCUT2D eigenvalue weighted by Gasteiger charge is 2.30. The Morgan fingerprint density at radius 3 is 2.46 bits per heavy atom. The molecule has 3 aromatic rings. The summed E-state index contributed by atoms with van der Waals surface area (Å²) in [6, 6.07) is 17.1. The number of aliphatic imine (C=N–C) groups is 1. The Morgan fingerprint density at radius 1 is 1.02 bits per heavy atom. The molecule has 214 valence electrons. The molecule has 0 unspecified atom stereocenters. The maximum absolute atomic E-state index is 13.1. The normalized spacial score (nSPS) is 17.5.